The molecule has 1 aliphatic heterocycles. The van der Waals surface area contributed by atoms with Crippen LogP contribution < -0.4 is 4.74 Å². The lowest BCUT2D eigenvalue weighted by atomic mass is 10.2. The highest BCUT2D eigenvalue weighted by Gasteiger charge is 2.21. The molecular weight excluding hydrogens is 354 g/mol. The fourth-order valence-electron chi connectivity index (χ4n) is 2.23. The Bertz CT molecular complexity index is 943. The van der Waals surface area contributed by atoms with Crippen LogP contribution in [0.15, 0.2) is 65.3 Å². The predicted octanol–water partition coefficient (Wildman–Crippen LogP) is 4.27. The molecule has 0 saturated carbocycles. The number of aliphatic imine (C=N–C) groups is 1. The lowest BCUT2D eigenvalue weighted by molar-refractivity contribution is -0.132. The van der Waals surface area contributed by atoms with Crippen molar-refractivity contribution in [3.8, 4) is 5.75 Å². The first kappa shape index (κ1) is 17.6. The smallest absolute Gasteiger partial charge is 0.363 e. The number of cyclic esters (lactones) is 1. The molecule has 5 nitrogen and oxygen atoms in total. The van der Waals surface area contributed by atoms with Crippen molar-refractivity contribution in [3.05, 3.63) is 76.5 Å². The zero-order valence-corrected chi connectivity index (χ0v) is 14.6. The third kappa shape index (κ3) is 4.68. The highest BCUT2D eigenvalue weighted by molar-refractivity contribution is 6.30. The van der Waals surface area contributed by atoms with Gasteiger partial charge < -0.3 is 9.47 Å². The van der Waals surface area contributed by atoms with Gasteiger partial charge in [0, 0.05) is 18.0 Å². The van der Waals surface area contributed by atoms with Crippen LogP contribution in [0.1, 0.15) is 18.1 Å². The van der Waals surface area contributed by atoms with Gasteiger partial charge in [-0.25, -0.2) is 9.79 Å². The van der Waals surface area contributed by atoms with Crippen LogP contribution in [0.4, 0.5) is 0 Å². The average Bonchev–Trinajstić information content (AvgIpc) is 2.94. The molecule has 0 unspecified atom stereocenters. The molecule has 0 N–H and O–H groups in total. The highest BCUT2D eigenvalue weighted by atomic mass is 35.5. The van der Waals surface area contributed by atoms with Crippen LogP contribution in [-0.2, 0) is 14.3 Å². The minimum atomic E-state index is -0.543. The zero-order valence-electron chi connectivity index (χ0n) is 13.8. The van der Waals surface area contributed by atoms with Crippen LogP contribution in [0.5, 0.6) is 5.75 Å². The summed E-state index contributed by atoms with van der Waals surface area (Å²) in [6, 6.07) is 14.0. The molecule has 0 amide bonds. The summed E-state index contributed by atoms with van der Waals surface area (Å²) in [6.07, 6.45) is 4.95. The Kier molecular flexibility index (Phi) is 5.29. The Hall–Kier alpha value is -3.18. The second-order valence-electron chi connectivity index (χ2n) is 5.42. The summed E-state index contributed by atoms with van der Waals surface area (Å²) in [5.41, 5.74) is 1.74. The maximum Gasteiger partial charge on any atom is 0.363 e. The third-order valence-corrected chi connectivity index (χ3v) is 3.60. The summed E-state index contributed by atoms with van der Waals surface area (Å²) in [5.74, 6) is -0.362. The number of hydrogen-bond donors (Lipinski definition) is 0. The van der Waals surface area contributed by atoms with Gasteiger partial charge in [-0.3, -0.25) is 4.79 Å². The summed E-state index contributed by atoms with van der Waals surface area (Å²) >= 11 is 5.84. The Balaban J connectivity index is 1.78. The van der Waals surface area contributed by atoms with Crippen LogP contribution in [0.2, 0.25) is 5.02 Å². The van der Waals surface area contributed by atoms with E-state index in [0.717, 1.165) is 5.56 Å². The molecule has 0 aromatic heterocycles. The summed E-state index contributed by atoms with van der Waals surface area (Å²) in [5, 5.41) is 0.646. The van der Waals surface area contributed by atoms with Crippen molar-refractivity contribution in [1.82, 2.24) is 0 Å². The first-order chi connectivity index (χ1) is 12.5. The van der Waals surface area contributed by atoms with E-state index in [-0.39, 0.29) is 11.6 Å². The number of halogens is 1. The van der Waals surface area contributed by atoms with Gasteiger partial charge in [-0.05, 0) is 47.5 Å². The van der Waals surface area contributed by atoms with Gasteiger partial charge in [0.2, 0.25) is 5.90 Å². The molecule has 130 valence electrons. The Morgan fingerprint density at radius 2 is 1.88 bits per heavy atom. The fraction of sp³-hybridized carbons (Fsp3) is 0.0500. The largest absolute Gasteiger partial charge is 0.427 e. The second kappa shape index (κ2) is 7.80. The Morgan fingerprint density at radius 1 is 1.12 bits per heavy atom. The minimum absolute atomic E-state index is 0.167. The second-order valence-corrected chi connectivity index (χ2v) is 5.86. The molecule has 0 radical (unpaired) electrons. The van der Waals surface area contributed by atoms with E-state index in [2.05, 4.69) is 4.99 Å². The van der Waals surface area contributed by atoms with Crippen molar-refractivity contribution in [1.29, 1.82) is 0 Å². The summed E-state index contributed by atoms with van der Waals surface area (Å²) in [6.45, 7) is 1.32. The van der Waals surface area contributed by atoms with Gasteiger partial charge in [-0.1, -0.05) is 35.9 Å². The Morgan fingerprint density at radius 3 is 2.62 bits per heavy atom. The molecule has 6 heteroatoms. The highest BCUT2D eigenvalue weighted by Crippen LogP contribution is 2.20. The number of rotatable bonds is 4. The molecule has 2 aromatic carbocycles. The van der Waals surface area contributed by atoms with Gasteiger partial charge in [-0.15, -0.1) is 0 Å². The van der Waals surface area contributed by atoms with Crippen molar-refractivity contribution in [2.45, 2.75) is 6.92 Å². The standard InChI is InChI=1S/C20H14ClNO4/c1-13(23)25-17-4-2-3-15(11-17)12-18-20(24)26-19(22-18)10-7-14-5-8-16(21)9-6-14/h2-12H,1H3/b10-7+,18-12+. The van der Waals surface area contributed by atoms with E-state index in [0.29, 0.717) is 16.3 Å². The first-order valence-corrected chi connectivity index (χ1v) is 8.12. The first-order valence-electron chi connectivity index (χ1n) is 7.74. The zero-order chi connectivity index (χ0) is 18.5. The molecule has 0 atom stereocenters. The van der Waals surface area contributed by atoms with E-state index >= 15 is 0 Å². The number of benzene rings is 2. The van der Waals surface area contributed by atoms with Crippen LogP contribution in [0.3, 0.4) is 0 Å². The molecule has 3 rings (SSSR count). The molecule has 0 spiro atoms. The topological polar surface area (TPSA) is 65.0 Å². The van der Waals surface area contributed by atoms with Crippen LogP contribution in [-0.4, -0.2) is 17.8 Å². The number of carbonyl (C=O) groups excluding carboxylic acids is 2. The fourth-order valence-corrected chi connectivity index (χ4v) is 2.36. The summed E-state index contributed by atoms with van der Waals surface area (Å²) in [4.78, 5) is 27.2. The average molecular weight is 368 g/mol. The van der Waals surface area contributed by atoms with E-state index in [1.165, 1.54) is 6.92 Å². The Labute approximate surface area is 155 Å². The monoisotopic (exact) mass is 367 g/mol. The molecule has 26 heavy (non-hydrogen) atoms. The van der Waals surface area contributed by atoms with E-state index in [4.69, 9.17) is 21.1 Å². The molecule has 1 heterocycles. The van der Waals surface area contributed by atoms with Gasteiger partial charge in [-0.2, -0.15) is 0 Å². The van der Waals surface area contributed by atoms with Gasteiger partial charge in [0.15, 0.2) is 5.70 Å². The maximum absolute atomic E-state index is 12.0. The number of carbonyl (C=O) groups is 2. The minimum Gasteiger partial charge on any atom is -0.427 e. The maximum atomic E-state index is 12.0. The lowest BCUT2D eigenvalue weighted by Gasteiger charge is -2.01. The number of nitrogens with zero attached hydrogens (tertiary/aromatic N) is 1. The third-order valence-electron chi connectivity index (χ3n) is 3.35. The molecule has 0 bridgehead atoms. The van der Waals surface area contributed by atoms with E-state index in [1.54, 1.807) is 54.6 Å². The summed E-state index contributed by atoms with van der Waals surface area (Å²) < 4.78 is 10.2. The van der Waals surface area contributed by atoms with Gasteiger partial charge in [0.1, 0.15) is 5.75 Å². The summed E-state index contributed by atoms with van der Waals surface area (Å²) in [7, 11) is 0. The van der Waals surface area contributed by atoms with E-state index in [1.807, 2.05) is 12.1 Å². The molecule has 0 aliphatic carbocycles. The lowest BCUT2D eigenvalue weighted by Crippen LogP contribution is -2.02. The molecule has 0 saturated heterocycles. The van der Waals surface area contributed by atoms with Gasteiger partial charge in [0.25, 0.3) is 0 Å². The van der Waals surface area contributed by atoms with Crippen molar-refractivity contribution < 1.29 is 19.1 Å². The molecule has 2 aromatic rings. The van der Waals surface area contributed by atoms with Crippen LogP contribution in [0.25, 0.3) is 12.2 Å². The normalized spacial score (nSPS) is 15.2. The van der Waals surface area contributed by atoms with Crippen molar-refractivity contribution in [2.75, 3.05) is 0 Å². The van der Waals surface area contributed by atoms with Crippen molar-refractivity contribution in [2.24, 2.45) is 4.99 Å². The number of esters is 2. The van der Waals surface area contributed by atoms with Gasteiger partial charge in [0.05, 0.1) is 0 Å². The van der Waals surface area contributed by atoms with Gasteiger partial charge >= 0.3 is 11.9 Å². The molecule has 0 fully saturated rings. The number of hydrogen-bond acceptors (Lipinski definition) is 5. The quantitative estimate of drug-likeness (QED) is 0.459. The van der Waals surface area contributed by atoms with Crippen molar-refractivity contribution >= 4 is 41.6 Å². The number of ether oxygens (including phenoxy) is 2. The predicted molar refractivity (Wildman–Crippen MR) is 99.7 cm³/mol. The van der Waals surface area contributed by atoms with Crippen LogP contribution in [0, 0.1) is 0 Å². The SMILES string of the molecule is CC(=O)Oc1cccc(/C=C2N=C(/C=C/c3ccc(Cl)cc3)OC/2=O)c1. The van der Waals surface area contributed by atoms with Crippen LogP contribution >= 0.6 is 11.6 Å². The molecule has 1 aliphatic rings. The van der Waals surface area contributed by atoms with E-state index in [9.17, 15) is 9.59 Å². The molecular formula is C20H14ClNO4. The van der Waals surface area contributed by atoms with Crippen molar-refractivity contribution in [3.63, 3.8) is 0 Å². The van der Waals surface area contributed by atoms with E-state index < -0.39 is 11.9 Å².